The van der Waals surface area contributed by atoms with E-state index in [4.69, 9.17) is 65.3 Å². The van der Waals surface area contributed by atoms with Crippen LogP contribution in [0, 0.1) is 0 Å². The highest BCUT2D eigenvalue weighted by Crippen LogP contribution is 2.31. The van der Waals surface area contributed by atoms with E-state index in [-0.39, 0.29) is 66.9 Å². The zero-order chi connectivity index (χ0) is 31.7. The first-order valence-electron chi connectivity index (χ1n) is 14.1. The summed E-state index contributed by atoms with van der Waals surface area (Å²) in [6, 6.07) is -3.88. The van der Waals surface area contributed by atoms with Crippen molar-refractivity contribution in [2.75, 3.05) is 59.5 Å². The number of rotatable bonds is 16. The van der Waals surface area contributed by atoms with E-state index >= 15 is 0 Å². The van der Waals surface area contributed by atoms with Crippen LogP contribution < -0.4 is 17.2 Å². The van der Waals surface area contributed by atoms with Crippen molar-refractivity contribution >= 4 is 0 Å². The largest absolute Gasteiger partial charge is 0.394 e. The molecule has 3 aliphatic heterocycles. The lowest BCUT2D eigenvalue weighted by atomic mass is 9.94. The van der Waals surface area contributed by atoms with E-state index in [9.17, 15) is 30.6 Å². The Bertz CT molecular complexity index is 794. The van der Waals surface area contributed by atoms with Crippen LogP contribution in [0.25, 0.3) is 0 Å². The maximum atomic E-state index is 11.3. The van der Waals surface area contributed by atoms with Gasteiger partial charge in [-0.25, -0.2) is 0 Å². The maximum absolute atomic E-state index is 11.3. The van der Waals surface area contributed by atoms with E-state index in [1.54, 1.807) is 0 Å². The molecule has 14 N–H and O–H groups in total. The fourth-order valence-electron chi connectivity index (χ4n) is 4.94. The molecule has 44 heavy (non-hydrogen) atoms. The molecule has 0 aromatic carbocycles. The molecule has 0 aliphatic carbocycles. The minimum absolute atomic E-state index is 0. The van der Waals surface area contributed by atoms with Crippen LogP contribution in [0.4, 0.5) is 0 Å². The highest BCUT2D eigenvalue weighted by molar-refractivity contribution is 4.98. The van der Waals surface area contributed by atoms with Gasteiger partial charge in [0.15, 0.2) is 18.9 Å². The molecule has 0 saturated carbocycles. The summed E-state index contributed by atoms with van der Waals surface area (Å²) >= 11 is 0. The number of nitrogens with two attached hydrogens (primary N) is 3. The van der Waals surface area contributed by atoms with Gasteiger partial charge in [0.2, 0.25) is 0 Å². The fraction of sp³-hybridized carbons (Fsp3) is 1.00. The molecular weight excluding hydrogens is 598 g/mol. The second-order valence-electron chi connectivity index (χ2n) is 10.4. The van der Waals surface area contributed by atoms with Crippen molar-refractivity contribution in [3.63, 3.8) is 0 Å². The van der Waals surface area contributed by atoms with Gasteiger partial charge in [0.05, 0.1) is 77.6 Å². The highest BCUT2D eigenvalue weighted by atomic mass is 16.7. The molecule has 3 rings (SSSR count). The molecule has 3 heterocycles. The van der Waals surface area contributed by atoms with Gasteiger partial charge in [-0.3, -0.25) is 0 Å². The Labute approximate surface area is 255 Å². The van der Waals surface area contributed by atoms with Gasteiger partial charge >= 0.3 is 0 Å². The molecule has 6 unspecified atom stereocenters. The third-order valence-electron chi connectivity index (χ3n) is 7.35. The standard InChI is InChI=1S/C24H47N3O16.CH4/c25-13-18(33)20(11(39-22(13)35)8-37-5-2-29)42-24-15(27)19(34)21(12(41-24)9-38-6-3-30)43-23-14(26)17(32)16(31)10(40-23)7-36-4-1-28;/h10-24,28-35H,1-9,25-27H2;1H4/t10?,11?,12?,13?,14?,15?,16-,17+,18+,19+,20+,21+,22-,23+,24+;/m1./s1. The number of ether oxygens (including phenoxy) is 8. The summed E-state index contributed by atoms with van der Waals surface area (Å²) in [5, 5.41) is 80.1. The minimum Gasteiger partial charge on any atom is -0.394 e. The monoisotopic (exact) mass is 649 g/mol. The lowest BCUT2D eigenvalue weighted by Crippen LogP contribution is -2.69. The SMILES string of the molecule is C.NC1[C@H](O[C@H]2C(COCCO)O[C@@H](O[C@H]3C(COCCO)O[C@@H](O)C(N)[C@@H]3O)C(N)[C@@H]2O)OC(COCCO)[C@@H](O)[C@H]1O. The quantitative estimate of drug-likeness (QED) is 0.0692. The van der Waals surface area contributed by atoms with Gasteiger partial charge in [-0.05, 0) is 0 Å². The first kappa shape index (κ1) is 39.4. The van der Waals surface area contributed by atoms with E-state index < -0.39 is 91.9 Å². The predicted molar refractivity (Wildman–Crippen MR) is 146 cm³/mol. The van der Waals surface area contributed by atoms with Crippen molar-refractivity contribution < 1.29 is 78.7 Å². The molecular formula is C25H51N3O16. The Balaban J connectivity index is 0.00000675. The maximum Gasteiger partial charge on any atom is 0.176 e. The molecule has 0 bridgehead atoms. The Morgan fingerprint density at radius 1 is 0.500 bits per heavy atom. The molecule has 0 aromatic heterocycles. The topological polar surface area (TPSA) is 314 Å². The molecule has 262 valence electrons. The van der Waals surface area contributed by atoms with E-state index in [2.05, 4.69) is 0 Å². The molecule has 15 atom stereocenters. The van der Waals surface area contributed by atoms with Gasteiger partial charge in [0.25, 0.3) is 0 Å². The van der Waals surface area contributed by atoms with Crippen molar-refractivity contribution in [2.45, 2.75) is 99.4 Å². The predicted octanol–water partition coefficient (Wildman–Crippen LogP) is -6.99. The highest BCUT2D eigenvalue weighted by Gasteiger charge is 2.52. The minimum atomic E-state index is -1.55. The molecule has 0 amide bonds. The van der Waals surface area contributed by atoms with Gasteiger partial charge in [-0.1, -0.05) is 7.43 Å². The molecule has 19 heteroatoms. The van der Waals surface area contributed by atoms with Crippen LogP contribution in [0.5, 0.6) is 0 Å². The van der Waals surface area contributed by atoms with E-state index in [0.717, 1.165) is 0 Å². The molecule has 0 aromatic rings. The summed E-state index contributed by atoms with van der Waals surface area (Å²) in [5.41, 5.74) is 18.2. The van der Waals surface area contributed by atoms with Crippen LogP contribution >= 0.6 is 0 Å². The zero-order valence-corrected chi connectivity index (χ0v) is 23.6. The van der Waals surface area contributed by atoms with Crippen molar-refractivity contribution in [2.24, 2.45) is 17.2 Å². The van der Waals surface area contributed by atoms with Crippen molar-refractivity contribution in [1.82, 2.24) is 0 Å². The normalized spacial score (nSPS) is 43.0. The summed E-state index contributed by atoms with van der Waals surface area (Å²) in [4.78, 5) is 0. The van der Waals surface area contributed by atoms with Gasteiger partial charge in [-0.2, -0.15) is 0 Å². The summed E-state index contributed by atoms with van der Waals surface area (Å²) in [6.45, 7) is -1.76. The first-order chi connectivity index (χ1) is 20.5. The lowest BCUT2D eigenvalue weighted by molar-refractivity contribution is -0.349. The first-order valence-corrected chi connectivity index (χ1v) is 14.1. The molecule has 3 aliphatic rings. The van der Waals surface area contributed by atoms with E-state index in [1.165, 1.54) is 0 Å². The second-order valence-corrected chi connectivity index (χ2v) is 10.4. The van der Waals surface area contributed by atoms with Crippen molar-refractivity contribution in [3.05, 3.63) is 0 Å². The molecule has 3 saturated heterocycles. The lowest BCUT2D eigenvalue weighted by Gasteiger charge is -2.49. The van der Waals surface area contributed by atoms with Crippen molar-refractivity contribution in [3.8, 4) is 0 Å². The number of hydrogen-bond acceptors (Lipinski definition) is 19. The molecule has 19 nitrogen and oxygen atoms in total. The van der Waals surface area contributed by atoms with Gasteiger partial charge in [0, 0.05) is 0 Å². The smallest absolute Gasteiger partial charge is 0.176 e. The van der Waals surface area contributed by atoms with Crippen LogP contribution in [-0.4, -0.2) is 192 Å². The summed E-state index contributed by atoms with van der Waals surface area (Å²) in [7, 11) is 0. The van der Waals surface area contributed by atoms with Crippen molar-refractivity contribution in [1.29, 1.82) is 0 Å². The number of aliphatic hydroxyl groups excluding tert-OH is 8. The summed E-state index contributed by atoms with van der Waals surface area (Å²) < 4.78 is 45.0. The Kier molecular flexibility index (Phi) is 17.2. The zero-order valence-electron chi connectivity index (χ0n) is 23.6. The van der Waals surface area contributed by atoms with Crippen LogP contribution in [0.15, 0.2) is 0 Å². The van der Waals surface area contributed by atoms with Gasteiger partial charge < -0.3 is 95.9 Å². The average Bonchev–Trinajstić information content (AvgIpc) is 2.99. The summed E-state index contributed by atoms with van der Waals surface area (Å²) in [6.07, 6.45) is -16.2. The van der Waals surface area contributed by atoms with Gasteiger partial charge in [0.1, 0.15) is 54.9 Å². The molecule has 3 fully saturated rings. The van der Waals surface area contributed by atoms with Gasteiger partial charge in [-0.15, -0.1) is 0 Å². The number of hydrogen-bond donors (Lipinski definition) is 11. The third kappa shape index (κ3) is 9.87. The molecule has 0 spiro atoms. The van der Waals surface area contributed by atoms with Crippen LogP contribution in [0.3, 0.4) is 0 Å². The Morgan fingerprint density at radius 2 is 0.886 bits per heavy atom. The fourth-order valence-corrected chi connectivity index (χ4v) is 4.94. The Hall–Kier alpha value is -0.760. The molecule has 0 radical (unpaired) electrons. The third-order valence-corrected chi connectivity index (χ3v) is 7.35. The second kappa shape index (κ2) is 19.2. The average molecular weight is 650 g/mol. The summed E-state index contributed by atoms with van der Waals surface area (Å²) in [5.74, 6) is 0. The van der Waals surface area contributed by atoms with Crippen LogP contribution in [0.1, 0.15) is 7.43 Å². The van der Waals surface area contributed by atoms with E-state index in [1.807, 2.05) is 0 Å². The van der Waals surface area contributed by atoms with Crippen LogP contribution in [0.2, 0.25) is 0 Å². The van der Waals surface area contributed by atoms with E-state index in [0.29, 0.717) is 0 Å². The number of aliphatic hydroxyl groups is 8. The Morgan fingerprint density at radius 3 is 1.36 bits per heavy atom. The van der Waals surface area contributed by atoms with Crippen LogP contribution in [-0.2, 0) is 37.9 Å².